The third kappa shape index (κ3) is 3.87. The zero-order valence-electron chi connectivity index (χ0n) is 8.87. The molecule has 0 unspecified atom stereocenters. The van der Waals surface area contributed by atoms with Gasteiger partial charge in [-0.2, -0.15) is 0 Å². The third-order valence-corrected chi connectivity index (χ3v) is 2.43. The molecule has 0 saturated heterocycles. The molecule has 16 heavy (non-hydrogen) atoms. The molecule has 0 saturated carbocycles. The predicted molar refractivity (Wildman–Crippen MR) is 66.8 cm³/mol. The number of carbonyl (C=O) groups excluding carboxylic acids is 1. The zero-order chi connectivity index (χ0) is 12.0. The molecule has 0 aliphatic rings. The first-order valence-corrected chi connectivity index (χ1v) is 5.78. The molecule has 1 aromatic carbocycles. The van der Waals surface area contributed by atoms with E-state index in [1.165, 1.54) is 0 Å². The summed E-state index contributed by atoms with van der Waals surface area (Å²) >= 11 is 11.4. The standard InChI is InChI=1S/C12H12Cl2O2/c1-2-16-12(15)10(8-13)7-9-3-5-11(14)6-4-9/h3-7H,2,8H2,1H3. The van der Waals surface area contributed by atoms with E-state index in [4.69, 9.17) is 27.9 Å². The van der Waals surface area contributed by atoms with Gasteiger partial charge in [-0.15, -0.1) is 11.6 Å². The maximum atomic E-state index is 11.4. The van der Waals surface area contributed by atoms with Crippen molar-refractivity contribution in [2.75, 3.05) is 12.5 Å². The van der Waals surface area contributed by atoms with Crippen LogP contribution in [0.2, 0.25) is 5.02 Å². The van der Waals surface area contributed by atoms with Gasteiger partial charge in [-0.1, -0.05) is 23.7 Å². The number of carbonyl (C=O) groups is 1. The fourth-order valence-corrected chi connectivity index (χ4v) is 1.45. The highest BCUT2D eigenvalue weighted by atomic mass is 35.5. The van der Waals surface area contributed by atoms with Crippen LogP contribution in [0, 0.1) is 0 Å². The molecule has 0 aromatic heterocycles. The minimum absolute atomic E-state index is 0.126. The summed E-state index contributed by atoms with van der Waals surface area (Å²) in [5, 5.41) is 0.653. The Bertz CT molecular complexity index is 383. The molecular weight excluding hydrogens is 247 g/mol. The summed E-state index contributed by atoms with van der Waals surface area (Å²) in [6.07, 6.45) is 1.70. The van der Waals surface area contributed by atoms with Crippen LogP contribution in [0.3, 0.4) is 0 Å². The lowest BCUT2D eigenvalue weighted by Crippen LogP contribution is -2.08. The fourth-order valence-electron chi connectivity index (χ4n) is 1.14. The quantitative estimate of drug-likeness (QED) is 0.469. The molecule has 0 aliphatic heterocycles. The molecule has 0 aliphatic carbocycles. The number of esters is 1. The van der Waals surface area contributed by atoms with Gasteiger partial charge in [-0.3, -0.25) is 0 Å². The van der Waals surface area contributed by atoms with Gasteiger partial charge in [0, 0.05) is 5.02 Å². The van der Waals surface area contributed by atoms with Crippen molar-refractivity contribution in [1.29, 1.82) is 0 Å². The van der Waals surface area contributed by atoms with Gasteiger partial charge in [0.05, 0.1) is 18.1 Å². The number of ether oxygens (including phenoxy) is 1. The van der Waals surface area contributed by atoms with Crippen molar-refractivity contribution < 1.29 is 9.53 Å². The van der Waals surface area contributed by atoms with E-state index < -0.39 is 0 Å². The highest BCUT2D eigenvalue weighted by Crippen LogP contribution is 2.14. The second-order valence-corrected chi connectivity index (χ2v) is 3.78. The Kier molecular flexibility index (Phi) is 5.36. The minimum atomic E-state index is -0.382. The van der Waals surface area contributed by atoms with Gasteiger partial charge in [-0.05, 0) is 30.7 Å². The lowest BCUT2D eigenvalue weighted by molar-refractivity contribution is -0.138. The smallest absolute Gasteiger partial charge is 0.335 e. The summed E-state index contributed by atoms with van der Waals surface area (Å²) in [4.78, 5) is 11.4. The summed E-state index contributed by atoms with van der Waals surface area (Å²) in [6.45, 7) is 2.10. The van der Waals surface area contributed by atoms with Crippen molar-refractivity contribution in [3.05, 3.63) is 40.4 Å². The topological polar surface area (TPSA) is 26.3 Å². The number of halogens is 2. The van der Waals surface area contributed by atoms with Crippen molar-refractivity contribution in [3.63, 3.8) is 0 Å². The van der Waals surface area contributed by atoms with Crippen LogP contribution >= 0.6 is 23.2 Å². The monoisotopic (exact) mass is 258 g/mol. The molecule has 0 N–H and O–H groups in total. The Hall–Kier alpha value is -0.990. The molecule has 0 radical (unpaired) electrons. The molecule has 0 spiro atoms. The largest absolute Gasteiger partial charge is 0.463 e. The lowest BCUT2D eigenvalue weighted by atomic mass is 10.1. The Morgan fingerprint density at radius 1 is 1.38 bits per heavy atom. The fraction of sp³-hybridized carbons (Fsp3) is 0.250. The van der Waals surface area contributed by atoms with Crippen molar-refractivity contribution in [3.8, 4) is 0 Å². The maximum Gasteiger partial charge on any atom is 0.335 e. The summed E-state index contributed by atoms with van der Waals surface area (Å²) in [7, 11) is 0. The molecule has 0 amide bonds. The van der Waals surface area contributed by atoms with E-state index in [9.17, 15) is 4.79 Å². The first-order valence-electron chi connectivity index (χ1n) is 4.86. The van der Waals surface area contributed by atoms with Gasteiger partial charge >= 0.3 is 5.97 Å². The van der Waals surface area contributed by atoms with E-state index in [1.54, 1.807) is 25.1 Å². The molecule has 0 bridgehead atoms. The number of alkyl halides is 1. The van der Waals surface area contributed by atoms with Gasteiger partial charge in [0.1, 0.15) is 0 Å². The average molecular weight is 259 g/mol. The second-order valence-electron chi connectivity index (χ2n) is 3.08. The van der Waals surface area contributed by atoms with Crippen LogP contribution in [0.25, 0.3) is 6.08 Å². The molecule has 4 heteroatoms. The first-order chi connectivity index (χ1) is 7.67. The summed E-state index contributed by atoms with van der Waals surface area (Å²) in [5.41, 5.74) is 1.30. The minimum Gasteiger partial charge on any atom is -0.463 e. The van der Waals surface area contributed by atoms with Crippen LogP contribution in [-0.4, -0.2) is 18.5 Å². The molecule has 0 atom stereocenters. The van der Waals surface area contributed by atoms with Crippen LogP contribution in [-0.2, 0) is 9.53 Å². The van der Waals surface area contributed by atoms with Crippen molar-refractivity contribution >= 4 is 35.2 Å². The van der Waals surface area contributed by atoms with Gasteiger partial charge < -0.3 is 4.74 Å². The molecule has 0 fully saturated rings. The summed E-state index contributed by atoms with van der Waals surface area (Å²) < 4.78 is 4.87. The van der Waals surface area contributed by atoms with Crippen LogP contribution < -0.4 is 0 Å². The first kappa shape index (κ1) is 13.1. The van der Waals surface area contributed by atoms with Crippen LogP contribution in [0.4, 0.5) is 0 Å². The van der Waals surface area contributed by atoms with E-state index in [0.717, 1.165) is 5.56 Å². The highest BCUT2D eigenvalue weighted by molar-refractivity contribution is 6.30. The number of hydrogen-bond acceptors (Lipinski definition) is 2. The van der Waals surface area contributed by atoms with Gasteiger partial charge in [-0.25, -0.2) is 4.79 Å². The summed E-state index contributed by atoms with van der Waals surface area (Å²) in [6, 6.07) is 7.14. The second kappa shape index (κ2) is 6.56. The molecule has 0 heterocycles. The Morgan fingerprint density at radius 2 is 2.00 bits per heavy atom. The number of rotatable bonds is 4. The predicted octanol–water partition coefficient (Wildman–Crippen LogP) is 3.53. The van der Waals surface area contributed by atoms with Gasteiger partial charge in [0.2, 0.25) is 0 Å². The lowest BCUT2D eigenvalue weighted by Gasteiger charge is -2.03. The average Bonchev–Trinajstić information content (AvgIpc) is 2.28. The van der Waals surface area contributed by atoms with E-state index in [1.807, 2.05) is 12.1 Å². The van der Waals surface area contributed by atoms with Crippen LogP contribution in [0.1, 0.15) is 12.5 Å². The maximum absolute atomic E-state index is 11.4. The van der Waals surface area contributed by atoms with Crippen molar-refractivity contribution in [2.45, 2.75) is 6.92 Å². The molecule has 2 nitrogen and oxygen atoms in total. The van der Waals surface area contributed by atoms with E-state index in [2.05, 4.69) is 0 Å². The van der Waals surface area contributed by atoms with Crippen LogP contribution in [0.15, 0.2) is 29.8 Å². The van der Waals surface area contributed by atoms with Gasteiger partial charge in [0.15, 0.2) is 0 Å². The zero-order valence-corrected chi connectivity index (χ0v) is 10.4. The SMILES string of the molecule is CCOC(=O)C(=Cc1ccc(Cl)cc1)CCl. The van der Waals surface area contributed by atoms with E-state index >= 15 is 0 Å². The molecule has 86 valence electrons. The Morgan fingerprint density at radius 3 is 2.50 bits per heavy atom. The van der Waals surface area contributed by atoms with Crippen molar-refractivity contribution in [2.24, 2.45) is 0 Å². The van der Waals surface area contributed by atoms with Gasteiger partial charge in [0.25, 0.3) is 0 Å². The third-order valence-electron chi connectivity index (χ3n) is 1.89. The Balaban J connectivity index is 2.87. The Labute approximate surface area is 105 Å². The number of benzene rings is 1. The van der Waals surface area contributed by atoms with Crippen molar-refractivity contribution in [1.82, 2.24) is 0 Å². The molecule has 1 aromatic rings. The van der Waals surface area contributed by atoms with Crippen LogP contribution in [0.5, 0.6) is 0 Å². The van der Waals surface area contributed by atoms with E-state index in [0.29, 0.717) is 17.2 Å². The summed E-state index contributed by atoms with van der Waals surface area (Å²) in [5.74, 6) is -0.256. The molecular formula is C12H12Cl2O2. The molecule has 1 rings (SSSR count). The normalized spacial score (nSPS) is 11.3. The van der Waals surface area contributed by atoms with E-state index in [-0.39, 0.29) is 11.8 Å². The highest BCUT2D eigenvalue weighted by Gasteiger charge is 2.08. The number of hydrogen-bond donors (Lipinski definition) is 0.